The number of nitrogens with zero attached hydrogens (tertiary/aromatic N) is 1. The van der Waals surface area contributed by atoms with E-state index in [-0.39, 0.29) is 5.78 Å². The summed E-state index contributed by atoms with van der Waals surface area (Å²) < 4.78 is 5.58. The van der Waals surface area contributed by atoms with Crippen LogP contribution in [-0.4, -0.2) is 30.1 Å². The van der Waals surface area contributed by atoms with Gasteiger partial charge in [0, 0.05) is 32.4 Å². The monoisotopic (exact) mass is 239 g/mol. The Morgan fingerprint density at radius 1 is 1.24 bits per heavy atom. The minimum Gasteiger partial charge on any atom is -0.352 e. The van der Waals surface area contributed by atoms with Gasteiger partial charge >= 0.3 is 0 Å². The molecule has 0 N–H and O–H groups in total. The maximum atomic E-state index is 12.0. The molecule has 0 saturated carbocycles. The van der Waals surface area contributed by atoms with Gasteiger partial charge in [-0.2, -0.15) is 0 Å². The minimum atomic E-state index is -0.704. The van der Waals surface area contributed by atoms with Crippen LogP contribution in [0.3, 0.4) is 0 Å². The first-order valence-corrected chi connectivity index (χ1v) is 6.75. The summed E-state index contributed by atoms with van der Waals surface area (Å²) in [5, 5.41) is 0. The summed E-state index contributed by atoms with van der Waals surface area (Å²) in [6.07, 6.45) is 9.94. The van der Waals surface area contributed by atoms with Crippen molar-refractivity contribution in [3.63, 3.8) is 0 Å². The average Bonchev–Trinajstić information content (AvgIpc) is 2.65. The summed E-state index contributed by atoms with van der Waals surface area (Å²) in [6.45, 7) is 5.23. The van der Waals surface area contributed by atoms with Gasteiger partial charge in [-0.05, 0) is 12.8 Å². The van der Waals surface area contributed by atoms with E-state index in [1.807, 2.05) is 6.20 Å². The van der Waals surface area contributed by atoms with E-state index in [0.717, 1.165) is 45.1 Å². The van der Waals surface area contributed by atoms with Crippen LogP contribution < -0.4 is 0 Å². The second-order valence-electron chi connectivity index (χ2n) is 4.67. The highest BCUT2D eigenvalue weighted by atomic mass is 16.5. The summed E-state index contributed by atoms with van der Waals surface area (Å²) in [5.74, 6) is 0.104. The second-order valence-corrected chi connectivity index (χ2v) is 4.67. The lowest BCUT2D eigenvalue weighted by Crippen LogP contribution is -2.50. The highest BCUT2D eigenvalue weighted by Crippen LogP contribution is 2.30. The van der Waals surface area contributed by atoms with Crippen molar-refractivity contribution in [3.8, 4) is 0 Å². The van der Waals surface area contributed by atoms with Crippen LogP contribution in [0.15, 0.2) is 12.3 Å². The first-order chi connectivity index (χ1) is 8.21. The van der Waals surface area contributed by atoms with Gasteiger partial charge in [-0.25, -0.2) is 0 Å². The minimum absolute atomic E-state index is 0.104. The number of carbonyl (C=O) groups is 1. The zero-order chi connectivity index (χ0) is 12.7. The Bertz CT molecular complexity index is 275. The van der Waals surface area contributed by atoms with Crippen LogP contribution in [-0.2, 0) is 9.53 Å². The Labute approximate surface area is 105 Å². The van der Waals surface area contributed by atoms with E-state index in [4.69, 9.17) is 4.74 Å². The van der Waals surface area contributed by atoms with Crippen LogP contribution in [0, 0.1) is 0 Å². The molecule has 1 rings (SSSR count). The molecular weight excluding hydrogens is 214 g/mol. The Balaban J connectivity index is 2.66. The van der Waals surface area contributed by atoms with Gasteiger partial charge < -0.3 is 9.64 Å². The topological polar surface area (TPSA) is 29.5 Å². The van der Waals surface area contributed by atoms with E-state index in [1.165, 1.54) is 0 Å². The molecule has 0 fully saturated rings. The molecule has 1 heterocycles. The van der Waals surface area contributed by atoms with E-state index in [9.17, 15) is 4.79 Å². The van der Waals surface area contributed by atoms with Crippen molar-refractivity contribution in [2.24, 2.45) is 0 Å². The van der Waals surface area contributed by atoms with Crippen molar-refractivity contribution in [1.29, 1.82) is 0 Å². The Morgan fingerprint density at radius 3 is 2.53 bits per heavy atom. The lowest BCUT2D eigenvalue weighted by atomic mass is 10.0. The van der Waals surface area contributed by atoms with Crippen LogP contribution in [0.25, 0.3) is 0 Å². The Hall–Kier alpha value is -0.830. The molecular formula is C14H25NO2. The van der Waals surface area contributed by atoms with Gasteiger partial charge in [0.05, 0.1) is 0 Å². The smallest absolute Gasteiger partial charge is 0.209 e. The third-order valence-electron chi connectivity index (χ3n) is 3.46. The van der Waals surface area contributed by atoms with Gasteiger partial charge in [0.25, 0.3) is 0 Å². The van der Waals surface area contributed by atoms with Crippen LogP contribution in [0.5, 0.6) is 0 Å². The van der Waals surface area contributed by atoms with Crippen LogP contribution in [0.1, 0.15) is 52.4 Å². The highest BCUT2D eigenvalue weighted by Gasteiger charge is 2.44. The van der Waals surface area contributed by atoms with Gasteiger partial charge in [-0.3, -0.25) is 4.79 Å². The average molecular weight is 239 g/mol. The number of ketones is 1. The van der Waals surface area contributed by atoms with E-state index < -0.39 is 5.72 Å². The quantitative estimate of drug-likeness (QED) is 0.610. The molecule has 0 bridgehead atoms. The van der Waals surface area contributed by atoms with Crippen molar-refractivity contribution in [2.75, 3.05) is 13.7 Å². The standard InChI is InChI=1S/C14H25NO2/c1-4-6-8-10-14(17-3)13(16)9-12-15(14)11-7-5-2/h9,12H,4-8,10-11H2,1-3H3. The third kappa shape index (κ3) is 3.09. The fraction of sp³-hybridized carbons (Fsp3) is 0.786. The molecule has 3 nitrogen and oxygen atoms in total. The molecule has 1 atom stereocenters. The van der Waals surface area contributed by atoms with E-state index in [0.29, 0.717) is 0 Å². The zero-order valence-corrected chi connectivity index (χ0v) is 11.4. The number of ether oxygens (including phenoxy) is 1. The van der Waals surface area contributed by atoms with Crippen molar-refractivity contribution in [1.82, 2.24) is 4.90 Å². The predicted octanol–water partition coefficient (Wildman–Crippen LogP) is 3.11. The van der Waals surface area contributed by atoms with Gasteiger partial charge in [-0.1, -0.05) is 33.1 Å². The molecule has 1 aliphatic rings. The summed E-state index contributed by atoms with van der Waals surface area (Å²) in [7, 11) is 1.65. The van der Waals surface area contributed by atoms with Crippen molar-refractivity contribution >= 4 is 5.78 Å². The van der Waals surface area contributed by atoms with E-state index in [1.54, 1.807) is 13.2 Å². The number of methoxy groups -OCH3 is 1. The summed E-state index contributed by atoms with van der Waals surface area (Å²) >= 11 is 0. The summed E-state index contributed by atoms with van der Waals surface area (Å²) in [6, 6.07) is 0. The van der Waals surface area contributed by atoms with Crippen LogP contribution >= 0.6 is 0 Å². The molecule has 1 aliphatic heterocycles. The molecule has 17 heavy (non-hydrogen) atoms. The second kappa shape index (κ2) is 6.80. The van der Waals surface area contributed by atoms with Gasteiger partial charge in [0.15, 0.2) is 0 Å². The Morgan fingerprint density at radius 2 is 1.94 bits per heavy atom. The molecule has 0 radical (unpaired) electrons. The predicted molar refractivity (Wildman–Crippen MR) is 69.6 cm³/mol. The molecule has 0 saturated heterocycles. The molecule has 0 aromatic heterocycles. The molecule has 98 valence electrons. The zero-order valence-electron chi connectivity index (χ0n) is 11.4. The SMILES string of the molecule is CCCCCC1(OC)C(=O)C=CN1CCCC. The van der Waals surface area contributed by atoms with E-state index in [2.05, 4.69) is 18.7 Å². The largest absolute Gasteiger partial charge is 0.352 e. The number of rotatable bonds is 8. The molecule has 0 aliphatic carbocycles. The van der Waals surface area contributed by atoms with Gasteiger partial charge in [0.2, 0.25) is 11.5 Å². The van der Waals surface area contributed by atoms with Crippen molar-refractivity contribution < 1.29 is 9.53 Å². The van der Waals surface area contributed by atoms with Crippen LogP contribution in [0.2, 0.25) is 0 Å². The third-order valence-corrected chi connectivity index (χ3v) is 3.46. The first-order valence-electron chi connectivity index (χ1n) is 6.75. The fourth-order valence-corrected chi connectivity index (χ4v) is 2.33. The number of carbonyl (C=O) groups excluding carboxylic acids is 1. The van der Waals surface area contributed by atoms with Crippen molar-refractivity contribution in [3.05, 3.63) is 12.3 Å². The highest BCUT2D eigenvalue weighted by molar-refractivity contribution is 5.98. The fourth-order valence-electron chi connectivity index (χ4n) is 2.33. The lowest BCUT2D eigenvalue weighted by molar-refractivity contribution is -0.155. The Kier molecular flexibility index (Phi) is 5.69. The molecule has 0 amide bonds. The van der Waals surface area contributed by atoms with Gasteiger partial charge in [0.1, 0.15) is 0 Å². The van der Waals surface area contributed by atoms with Gasteiger partial charge in [-0.15, -0.1) is 0 Å². The molecule has 3 heteroatoms. The first kappa shape index (κ1) is 14.2. The van der Waals surface area contributed by atoms with Crippen molar-refractivity contribution in [2.45, 2.75) is 58.1 Å². The molecule has 0 spiro atoms. The molecule has 0 aromatic carbocycles. The van der Waals surface area contributed by atoms with E-state index >= 15 is 0 Å². The lowest BCUT2D eigenvalue weighted by Gasteiger charge is -2.36. The normalized spacial score (nSPS) is 23.7. The maximum Gasteiger partial charge on any atom is 0.209 e. The number of hydrogen-bond acceptors (Lipinski definition) is 3. The summed E-state index contributed by atoms with van der Waals surface area (Å²) in [5.41, 5.74) is -0.704. The molecule has 1 unspecified atom stereocenters. The number of hydrogen-bond donors (Lipinski definition) is 0. The number of unbranched alkanes of at least 4 members (excludes halogenated alkanes) is 3. The maximum absolute atomic E-state index is 12.0. The summed E-state index contributed by atoms with van der Waals surface area (Å²) in [4.78, 5) is 14.1. The van der Waals surface area contributed by atoms with Crippen LogP contribution in [0.4, 0.5) is 0 Å². The molecule has 0 aromatic rings.